The number of carbonyl (C=O) groups excluding carboxylic acids is 1. The van der Waals surface area contributed by atoms with E-state index in [1.165, 1.54) is 0 Å². The number of rotatable bonds is 0. The molecule has 1 amide bonds. The van der Waals surface area contributed by atoms with Crippen LogP contribution < -0.4 is 0 Å². The zero-order valence-electron chi connectivity index (χ0n) is 8.62. The van der Waals surface area contributed by atoms with Crippen molar-refractivity contribution in [2.75, 3.05) is 7.05 Å². The van der Waals surface area contributed by atoms with E-state index in [0.717, 1.165) is 0 Å². The summed E-state index contributed by atoms with van der Waals surface area (Å²) < 4.78 is 39.0. The SMILES string of the molecule is CC(=O)N1C=CN(C)C1C.F[B-](F)(F)F. The predicted molar refractivity (Wildman–Crippen MR) is 49.1 cm³/mol. The van der Waals surface area contributed by atoms with Crippen LogP contribution >= 0.6 is 0 Å². The molecule has 0 bridgehead atoms. The molecule has 0 spiro atoms. The van der Waals surface area contributed by atoms with Crippen molar-refractivity contribution >= 4 is 13.2 Å². The normalized spacial score (nSPS) is 20.1. The number of hydrogen-bond donors (Lipinski definition) is 0. The Bertz CT molecular complexity index is 250. The van der Waals surface area contributed by atoms with Crippen molar-refractivity contribution in [3.05, 3.63) is 12.4 Å². The average molecular weight is 227 g/mol. The molecule has 1 heterocycles. The van der Waals surface area contributed by atoms with E-state index in [0.29, 0.717) is 0 Å². The smallest absolute Gasteiger partial charge is 0.418 e. The summed E-state index contributed by atoms with van der Waals surface area (Å²) >= 11 is 0. The number of carbonyl (C=O) groups is 1. The van der Waals surface area contributed by atoms with Crippen LogP contribution in [-0.2, 0) is 4.79 Å². The highest BCUT2D eigenvalue weighted by molar-refractivity contribution is 6.50. The van der Waals surface area contributed by atoms with Gasteiger partial charge in [-0.05, 0) is 6.92 Å². The highest BCUT2D eigenvalue weighted by atomic mass is 19.5. The van der Waals surface area contributed by atoms with Gasteiger partial charge in [0.05, 0.1) is 0 Å². The molecule has 3 nitrogen and oxygen atoms in total. The zero-order chi connectivity index (χ0) is 12.2. The quantitative estimate of drug-likeness (QED) is 0.466. The molecule has 0 aromatic rings. The molecule has 1 aliphatic rings. The van der Waals surface area contributed by atoms with Crippen molar-refractivity contribution in [1.82, 2.24) is 9.80 Å². The topological polar surface area (TPSA) is 23.6 Å². The predicted octanol–water partition coefficient (Wildman–Crippen LogP) is 1.90. The highest BCUT2D eigenvalue weighted by Gasteiger charge is 2.21. The van der Waals surface area contributed by atoms with Crippen LogP contribution in [0.5, 0.6) is 0 Å². The molecule has 0 fully saturated rings. The lowest BCUT2D eigenvalue weighted by molar-refractivity contribution is -0.128. The lowest BCUT2D eigenvalue weighted by Crippen LogP contribution is -2.36. The molecule has 1 atom stereocenters. The minimum absolute atomic E-state index is 0.0908. The van der Waals surface area contributed by atoms with E-state index >= 15 is 0 Å². The lowest BCUT2D eigenvalue weighted by atomic mass is 10.3. The van der Waals surface area contributed by atoms with Crippen molar-refractivity contribution in [1.29, 1.82) is 0 Å². The van der Waals surface area contributed by atoms with Crippen molar-refractivity contribution in [2.24, 2.45) is 0 Å². The molecule has 0 aliphatic carbocycles. The molecule has 0 saturated carbocycles. The van der Waals surface area contributed by atoms with Gasteiger partial charge < -0.3 is 22.2 Å². The Hall–Kier alpha value is -1.21. The molecule has 88 valence electrons. The van der Waals surface area contributed by atoms with Gasteiger partial charge >= 0.3 is 7.25 Å². The molecule has 0 radical (unpaired) electrons. The van der Waals surface area contributed by atoms with Gasteiger partial charge in [-0.2, -0.15) is 0 Å². The van der Waals surface area contributed by atoms with Gasteiger partial charge in [-0.15, -0.1) is 0 Å². The van der Waals surface area contributed by atoms with Crippen LogP contribution in [0.3, 0.4) is 0 Å². The maximum atomic E-state index is 10.9. The third-order valence-corrected chi connectivity index (χ3v) is 1.82. The monoisotopic (exact) mass is 227 g/mol. The molecule has 1 unspecified atom stereocenters. The lowest BCUT2D eigenvalue weighted by Gasteiger charge is -2.23. The van der Waals surface area contributed by atoms with Gasteiger partial charge in [0.2, 0.25) is 5.91 Å². The van der Waals surface area contributed by atoms with Crippen molar-refractivity contribution in [3.63, 3.8) is 0 Å². The first-order chi connectivity index (χ1) is 6.63. The Morgan fingerprint density at radius 1 is 1.27 bits per heavy atom. The summed E-state index contributed by atoms with van der Waals surface area (Å²) in [6, 6.07) is 0. The zero-order valence-corrected chi connectivity index (χ0v) is 8.62. The maximum absolute atomic E-state index is 10.9. The Kier molecular flexibility index (Phi) is 4.63. The summed E-state index contributed by atoms with van der Waals surface area (Å²) in [5, 5.41) is 0. The van der Waals surface area contributed by atoms with Gasteiger partial charge in [0, 0.05) is 26.4 Å². The second-order valence-corrected chi connectivity index (χ2v) is 3.02. The third kappa shape index (κ3) is 5.98. The minimum atomic E-state index is -6.00. The van der Waals surface area contributed by atoms with E-state index < -0.39 is 7.25 Å². The fourth-order valence-corrected chi connectivity index (χ4v) is 0.990. The first-order valence-corrected chi connectivity index (χ1v) is 4.19. The molecule has 0 N–H and O–H groups in total. The van der Waals surface area contributed by atoms with E-state index in [1.807, 2.05) is 25.1 Å². The van der Waals surface area contributed by atoms with Crippen LogP contribution in [0.4, 0.5) is 17.3 Å². The summed E-state index contributed by atoms with van der Waals surface area (Å²) in [7, 11) is -4.05. The second kappa shape index (κ2) is 5.04. The molecule has 8 heteroatoms. The molecule has 1 rings (SSSR count). The van der Waals surface area contributed by atoms with Crippen LogP contribution in [0.1, 0.15) is 13.8 Å². The largest absolute Gasteiger partial charge is 0.673 e. The summed E-state index contributed by atoms with van der Waals surface area (Å²) in [6.07, 6.45) is 3.87. The van der Waals surface area contributed by atoms with Gasteiger partial charge in [0.25, 0.3) is 0 Å². The molecule has 0 saturated heterocycles. The third-order valence-electron chi connectivity index (χ3n) is 1.82. The fraction of sp³-hybridized carbons (Fsp3) is 0.571. The summed E-state index contributed by atoms with van der Waals surface area (Å²) in [5.41, 5.74) is 0. The first kappa shape index (κ1) is 13.8. The van der Waals surface area contributed by atoms with Crippen molar-refractivity contribution in [2.45, 2.75) is 20.0 Å². The van der Waals surface area contributed by atoms with Crippen LogP contribution in [-0.4, -0.2) is 36.2 Å². The van der Waals surface area contributed by atoms with E-state index in [2.05, 4.69) is 0 Å². The second-order valence-electron chi connectivity index (χ2n) is 3.02. The van der Waals surface area contributed by atoms with E-state index in [-0.39, 0.29) is 12.1 Å². The molecule has 1 aliphatic heterocycles. The average Bonchev–Trinajstić information content (AvgIpc) is 2.29. The van der Waals surface area contributed by atoms with Gasteiger partial charge in [-0.1, -0.05) is 0 Å². The molecule has 15 heavy (non-hydrogen) atoms. The Morgan fingerprint density at radius 3 is 1.80 bits per heavy atom. The number of hydrogen-bond acceptors (Lipinski definition) is 2. The Balaban J connectivity index is 0.000000336. The van der Waals surface area contributed by atoms with Crippen LogP contribution in [0, 0.1) is 0 Å². The molecule has 0 aromatic carbocycles. The van der Waals surface area contributed by atoms with Gasteiger partial charge in [0.15, 0.2) is 0 Å². The standard InChI is InChI=1S/C7H12N2O.BF4/c1-6-8(3)4-5-9(6)7(2)10;2-1(3,4)5/h4-6H,1-3H3;/q;-1. The highest BCUT2D eigenvalue weighted by Crippen LogP contribution is 2.12. The van der Waals surface area contributed by atoms with Crippen LogP contribution in [0.25, 0.3) is 0 Å². The van der Waals surface area contributed by atoms with Crippen LogP contribution in [0.2, 0.25) is 0 Å². The number of amides is 1. The van der Waals surface area contributed by atoms with Crippen molar-refractivity contribution in [3.8, 4) is 0 Å². The van der Waals surface area contributed by atoms with Gasteiger partial charge in [-0.25, -0.2) is 0 Å². The Labute approximate surface area is 85.4 Å². The minimum Gasteiger partial charge on any atom is -0.418 e. The maximum Gasteiger partial charge on any atom is 0.673 e. The van der Waals surface area contributed by atoms with Crippen molar-refractivity contribution < 1.29 is 22.1 Å². The number of halogens is 4. The van der Waals surface area contributed by atoms with E-state index in [4.69, 9.17) is 0 Å². The van der Waals surface area contributed by atoms with Gasteiger partial charge in [-0.3, -0.25) is 9.69 Å². The Morgan fingerprint density at radius 2 is 1.67 bits per heavy atom. The van der Waals surface area contributed by atoms with Gasteiger partial charge in [0.1, 0.15) is 6.17 Å². The number of nitrogens with zero attached hydrogens (tertiary/aromatic N) is 2. The molecule has 0 aromatic heterocycles. The summed E-state index contributed by atoms with van der Waals surface area (Å²) in [5.74, 6) is 0.0908. The van der Waals surface area contributed by atoms with Crippen LogP contribution in [0.15, 0.2) is 12.4 Å². The van der Waals surface area contributed by atoms with E-state index in [1.54, 1.807) is 18.0 Å². The first-order valence-electron chi connectivity index (χ1n) is 4.19. The summed E-state index contributed by atoms with van der Waals surface area (Å²) in [6.45, 7) is 3.56. The summed E-state index contributed by atoms with van der Waals surface area (Å²) in [4.78, 5) is 14.5. The van der Waals surface area contributed by atoms with E-state index in [9.17, 15) is 22.1 Å². The molecular formula is C7H12BF4N2O-. The fourth-order valence-electron chi connectivity index (χ4n) is 0.990. The molecular weight excluding hydrogens is 215 g/mol.